The molecule has 0 aliphatic heterocycles. The third-order valence-corrected chi connectivity index (χ3v) is 6.34. The molecular formula is C22H38N2O14P2. The molecular weight excluding hydrogens is 578 g/mol. The fraction of sp³-hybridized carbons (Fsp3) is 0.636. The lowest BCUT2D eigenvalue weighted by molar-refractivity contribution is -0.147. The zero-order chi connectivity index (χ0) is 30.9. The Morgan fingerprint density at radius 1 is 0.675 bits per heavy atom. The van der Waals surface area contributed by atoms with Crippen molar-refractivity contribution in [1.29, 1.82) is 0 Å². The van der Waals surface area contributed by atoms with Gasteiger partial charge in [0.1, 0.15) is 19.3 Å². The highest BCUT2D eigenvalue weighted by atomic mass is 31.2. The standard InChI is InChI=1S/C22H38N2O14P2/c1-15(2)19(25)35-11-17(12-36-20(26)16(3)4)37-21(27)23-9-7-5-6-8-10-24-22(28)38-18(13-39(29,30)31)14-40(32,33)34/h17-18H,1,3,5-14H2,2,4H3,(H,23,27)(H,24,28)(H2,29,30,31)(H2,32,33,34). The van der Waals surface area contributed by atoms with Crippen molar-refractivity contribution < 1.29 is 66.8 Å². The summed E-state index contributed by atoms with van der Waals surface area (Å²) in [5.74, 6) is -1.41. The molecule has 0 radical (unpaired) electrons. The number of carbonyl (C=O) groups is 4. The van der Waals surface area contributed by atoms with E-state index in [2.05, 4.69) is 23.8 Å². The van der Waals surface area contributed by atoms with Crippen molar-refractivity contribution in [2.45, 2.75) is 51.7 Å². The van der Waals surface area contributed by atoms with Gasteiger partial charge in [-0.2, -0.15) is 0 Å². The number of alkyl carbamates (subject to hydrolysis) is 2. The molecule has 6 N–H and O–H groups in total. The van der Waals surface area contributed by atoms with Crippen molar-refractivity contribution in [3.63, 3.8) is 0 Å². The molecule has 0 bridgehead atoms. The van der Waals surface area contributed by atoms with E-state index in [1.165, 1.54) is 13.8 Å². The Morgan fingerprint density at radius 2 is 1.02 bits per heavy atom. The third-order valence-electron chi connectivity index (χ3n) is 4.57. The summed E-state index contributed by atoms with van der Waals surface area (Å²) < 4.78 is 42.0. The molecule has 0 aromatic rings. The van der Waals surface area contributed by atoms with Gasteiger partial charge in [-0.1, -0.05) is 26.0 Å². The van der Waals surface area contributed by atoms with Gasteiger partial charge in [0, 0.05) is 24.2 Å². The van der Waals surface area contributed by atoms with Gasteiger partial charge >= 0.3 is 39.3 Å². The summed E-state index contributed by atoms with van der Waals surface area (Å²) in [5, 5.41) is 4.84. The van der Waals surface area contributed by atoms with Crippen LogP contribution in [0.4, 0.5) is 9.59 Å². The van der Waals surface area contributed by atoms with Crippen LogP contribution in [0.5, 0.6) is 0 Å². The first-order valence-electron chi connectivity index (χ1n) is 12.0. The van der Waals surface area contributed by atoms with E-state index >= 15 is 0 Å². The second-order valence-corrected chi connectivity index (χ2v) is 12.2. The number of ether oxygens (including phenoxy) is 4. The number of esters is 2. The maximum atomic E-state index is 12.1. The summed E-state index contributed by atoms with van der Waals surface area (Å²) in [7, 11) is -9.37. The molecule has 0 saturated heterocycles. The fourth-order valence-corrected chi connectivity index (χ4v) is 4.41. The molecule has 0 aliphatic rings. The maximum Gasteiger partial charge on any atom is 0.407 e. The van der Waals surface area contributed by atoms with Gasteiger partial charge in [0.2, 0.25) is 0 Å². The van der Waals surface area contributed by atoms with E-state index in [0.717, 1.165) is 0 Å². The first-order chi connectivity index (χ1) is 18.4. The second kappa shape index (κ2) is 18.6. The molecule has 0 saturated carbocycles. The molecule has 0 aromatic carbocycles. The van der Waals surface area contributed by atoms with E-state index < -0.39 is 63.8 Å². The highest BCUT2D eigenvalue weighted by Crippen LogP contribution is 2.41. The average Bonchev–Trinajstić information content (AvgIpc) is 2.79. The lowest BCUT2D eigenvalue weighted by atomic mass is 10.2. The molecule has 18 heteroatoms. The van der Waals surface area contributed by atoms with Crippen molar-refractivity contribution in [2.24, 2.45) is 0 Å². The van der Waals surface area contributed by atoms with Crippen LogP contribution >= 0.6 is 15.2 Å². The van der Waals surface area contributed by atoms with Crippen molar-refractivity contribution in [2.75, 3.05) is 38.6 Å². The minimum absolute atomic E-state index is 0.125. The summed E-state index contributed by atoms with van der Waals surface area (Å²) in [4.78, 5) is 83.0. The van der Waals surface area contributed by atoms with E-state index in [9.17, 15) is 28.3 Å². The van der Waals surface area contributed by atoms with Gasteiger partial charge in [-0.3, -0.25) is 9.13 Å². The Kier molecular flexibility index (Phi) is 17.3. The van der Waals surface area contributed by atoms with Crippen molar-refractivity contribution in [1.82, 2.24) is 10.6 Å². The molecule has 0 atom stereocenters. The minimum Gasteiger partial charge on any atom is -0.458 e. The summed E-state index contributed by atoms with van der Waals surface area (Å²) in [6.45, 7) is 9.38. The van der Waals surface area contributed by atoms with Gasteiger partial charge in [-0.25, -0.2) is 19.2 Å². The van der Waals surface area contributed by atoms with E-state index in [4.69, 9.17) is 38.5 Å². The molecule has 2 amide bonds. The maximum absolute atomic E-state index is 12.1. The average molecular weight is 616 g/mol. The molecule has 0 aromatic heterocycles. The van der Waals surface area contributed by atoms with Crippen LogP contribution in [0.1, 0.15) is 39.5 Å². The Labute approximate surface area is 231 Å². The molecule has 0 spiro atoms. The lowest BCUT2D eigenvalue weighted by Gasteiger charge is -2.19. The number of rotatable bonds is 19. The zero-order valence-electron chi connectivity index (χ0n) is 22.4. The SMILES string of the molecule is C=C(C)C(=O)OCC(COC(=O)C(=C)C)OC(=O)NCCCCCCNC(=O)OC(CP(=O)(O)O)CP(=O)(O)O. The van der Waals surface area contributed by atoms with E-state index in [1.54, 1.807) is 0 Å². The number of amides is 2. The first kappa shape index (κ1) is 37.3. The van der Waals surface area contributed by atoms with Crippen molar-refractivity contribution in [3.8, 4) is 0 Å². The molecule has 0 fully saturated rings. The normalized spacial score (nSPS) is 11.5. The fourth-order valence-electron chi connectivity index (χ4n) is 2.73. The molecule has 0 aliphatic carbocycles. The van der Waals surface area contributed by atoms with E-state index in [0.29, 0.717) is 25.7 Å². The van der Waals surface area contributed by atoms with Gasteiger partial charge in [-0.05, 0) is 26.7 Å². The molecule has 40 heavy (non-hydrogen) atoms. The van der Waals surface area contributed by atoms with E-state index in [1.807, 2.05) is 0 Å². The molecule has 0 heterocycles. The lowest BCUT2D eigenvalue weighted by Crippen LogP contribution is -2.35. The molecule has 230 valence electrons. The van der Waals surface area contributed by atoms with Gasteiger partial charge in [-0.15, -0.1) is 0 Å². The van der Waals surface area contributed by atoms with Crippen LogP contribution in [0, 0.1) is 0 Å². The van der Waals surface area contributed by atoms with Gasteiger partial charge in [0.25, 0.3) is 0 Å². The monoisotopic (exact) mass is 616 g/mol. The van der Waals surface area contributed by atoms with Crippen molar-refractivity contribution in [3.05, 3.63) is 24.3 Å². The summed E-state index contributed by atoms with van der Waals surface area (Å²) >= 11 is 0. The van der Waals surface area contributed by atoms with Crippen LogP contribution in [0.2, 0.25) is 0 Å². The van der Waals surface area contributed by atoms with E-state index in [-0.39, 0.29) is 37.4 Å². The minimum atomic E-state index is -4.68. The number of unbranched alkanes of at least 4 members (excludes halogenated alkanes) is 3. The molecule has 16 nitrogen and oxygen atoms in total. The molecule has 0 rings (SSSR count). The number of hydrogen-bond acceptors (Lipinski definition) is 10. The van der Waals surface area contributed by atoms with Crippen LogP contribution in [0.15, 0.2) is 24.3 Å². The Hall–Kier alpha value is -2.74. The summed E-state index contributed by atoms with van der Waals surface area (Å²) in [6.07, 6.45) is -4.43. The van der Waals surface area contributed by atoms with Gasteiger partial charge in [0.15, 0.2) is 6.10 Å². The Balaban J connectivity index is 4.33. The smallest absolute Gasteiger partial charge is 0.407 e. The quantitative estimate of drug-likeness (QED) is 0.0394. The predicted molar refractivity (Wildman–Crippen MR) is 140 cm³/mol. The number of carbonyl (C=O) groups excluding carboxylic acids is 4. The number of hydrogen-bond donors (Lipinski definition) is 6. The summed E-state index contributed by atoms with van der Waals surface area (Å²) in [5.41, 5.74) is 0.274. The van der Waals surface area contributed by atoms with Gasteiger partial charge in [0.05, 0.1) is 12.3 Å². The second-order valence-electron chi connectivity index (χ2n) is 8.77. The van der Waals surface area contributed by atoms with Crippen LogP contribution in [0.3, 0.4) is 0 Å². The van der Waals surface area contributed by atoms with Crippen LogP contribution in [-0.4, -0.2) is 94.5 Å². The molecule has 0 unspecified atom stereocenters. The Bertz CT molecular complexity index is 936. The van der Waals surface area contributed by atoms with Crippen molar-refractivity contribution >= 4 is 39.3 Å². The Morgan fingerprint density at radius 3 is 1.35 bits per heavy atom. The van der Waals surface area contributed by atoms with Crippen LogP contribution < -0.4 is 10.6 Å². The first-order valence-corrected chi connectivity index (χ1v) is 15.6. The van der Waals surface area contributed by atoms with Crippen LogP contribution in [-0.2, 0) is 37.7 Å². The highest BCUT2D eigenvalue weighted by molar-refractivity contribution is 7.53. The topological polar surface area (TPSA) is 244 Å². The third kappa shape index (κ3) is 21.1. The van der Waals surface area contributed by atoms with Gasteiger partial charge < -0.3 is 49.2 Å². The number of nitrogens with one attached hydrogen (secondary N) is 2. The highest BCUT2D eigenvalue weighted by Gasteiger charge is 2.31. The predicted octanol–water partition coefficient (Wildman–Crippen LogP) is 1.33. The van der Waals surface area contributed by atoms with Crippen LogP contribution in [0.25, 0.3) is 0 Å². The largest absolute Gasteiger partial charge is 0.458 e. The zero-order valence-corrected chi connectivity index (χ0v) is 24.2. The summed E-state index contributed by atoms with van der Waals surface area (Å²) in [6, 6.07) is 0.